The van der Waals surface area contributed by atoms with Gasteiger partial charge in [0.2, 0.25) is 6.79 Å². The Morgan fingerprint density at radius 1 is 0.931 bits per heavy atom. The maximum absolute atomic E-state index is 13.2. The fraction of sp³-hybridized carbons (Fsp3) is 0.208. The Labute approximate surface area is 169 Å². The van der Waals surface area contributed by atoms with E-state index in [4.69, 9.17) is 14.2 Å². The van der Waals surface area contributed by atoms with Gasteiger partial charge in [0.05, 0.1) is 5.56 Å². The van der Waals surface area contributed by atoms with Crippen LogP contribution in [0.4, 0.5) is 0 Å². The van der Waals surface area contributed by atoms with Gasteiger partial charge in [-0.15, -0.1) is 0 Å². The van der Waals surface area contributed by atoms with Gasteiger partial charge in [-0.3, -0.25) is 4.79 Å². The smallest absolute Gasteiger partial charge is 0.257 e. The van der Waals surface area contributed by atoms with Crippen LogP contribution < -0.4 is 14.2 Å². The standard InChI is InChI=1S/C24H21NO4/c26-24(20-8-4-5-9-21(20)29-19-6-2-1-3-7-19)25-13-12-18(15-25)17-10-11-22-23(14-17)28-16-27-22/h1-11,14,18H,12-13,15-16H2. The van der Waals surface area contributed by atoms with Gasteiger partial charge in [0.15, 0.2) is 11.5 Å². The minimum absolute atomic E-state index is 0.000209. The molecule has 0 aromatic heterocycles. The predicted molar refractivity (Wildman–Crippen MR) is 109 cm³/mol. The van der Waals surface area contributed by atoms with Gasteiger partial charge in [-0.2, -0.15) is 0 Å². The summed E-state index contributed by atoms with van der Waals surface area (Å²) in [6.07, 6.45) is 0.924. The lowest BCUT2D eigenvalue weighted by Crippen LogP contribution is -2.28. The van der Waals surface area contributed by atoms with Gasteiger partial charge >= 0.3 is 0 Å². The summed E-state index contributed by atoms with van der Waals surface area (Å²) in [5.41, 5.74) is 1.76. The number of benzene rings is 3. The van der Waals surface area contributed by atoms with Crippen LogP contribution in [0.5, 0.6) is 23.0 Å². The van der Waals surface area contributed by atoms with Crippen molar-refractivity contribution in [3.05, 3.63) is 83.9 Å². The number of hydrogen-bond donors (Lipinski definition) is 0. The Morgan fingerprint density at radius 3 is 2.62 bits per heavy atom. The second kappa shape index (κ2) is 7.51. The van der Waals surface area contributed by atoms with E-state index in [9.17, 15) is 4.79 Å². The number of fused-ring (bicyclic) bond motifs is 1. The molecule has 2 heterocycles. The third-order valence-corrected chi connectivity index (χ3v) is 5.43. The van der Waals surface area contributed by atoms with Crippen LogP contribution in [0.2, 0.25) is 0 Å². The fourth-order valence-corrected chi connectivity index (χ4v) is 3.90. The van der Waals surface area contributed by atoms with Gasteiger partial charge in [-0.1, -0.05) is 36.4 Å². The monoisotopic (exact) mass is 387 g/mol. The van der Waals surface area contributed by atoms with E-state index in [0.717, 1.165) is 24.5 Å². The van der Waals surface area contributed by atoms with E-state index >= 15 is 0 Å². The molecule has 3 aromatic carbocycles. The maximum atomic E-state index is 13.2. The molecule has 3 aromatic rings. The van der Waals surface area contributed by atoms with E-state index in [1.54, 1.807) is 0 Å². The largest absolute Gasteiger partial charge is 0.457 e. The number of likely N-dealkylation sites (tertiary alicyclic amines) is 1. The summed E-state index contributed by atoms with van der Waals surface area (Å²) in [5, 5.41) is 0. The zero-order valence-corrected chi connectivity index (χ0v) is 15.9. The number of ether oxygens (including phenoxy) is 3. The number of carbonyl (C=O) groups excluding carboxylic acids is 1. The molecule has 0 aliphatic carbocycles. The molecule has 1 fully saturated rings. The van der Waals surface area contributed by atoms with Crippen LogP contribution in [0.25, 0.3) is 0 Å². The first-order valence-corrected chi connectivity index (χ1v) is 9.79. The highest BCUT2D eigenvalue weighted by Crippen LogP contribution is 2.37. The lowest BCUT2D eigenvalue weighted by Gasteiger charge is -2.19. The lowest BCUT2D eigenvalue weighted by molar-refractivity contribution is 0.0788. The summed E-state index contributed by atoms with van der Waals surface area (Å²) in [4.78, 5) is 15.1. The Hall–Kier alpha value is -3.47. The van der Waals surface area contributed by atoms with Gasteiger partial charge in [-0.25, -0.2) is 0 Å². The molecule has 0 radical (unpaired) electrons. The van der Waals surface area contributed by atoms with Crippen LogP contribution in [-0.4, -0.2) is 30.7 Å². The number of para-hydroxylation sites is 2. The molecule has 0 bridgehead atoms. The van der Waals surface area contributed by atoms with Crippen LogP contribution in [0.1, 0.15) is 28.3 Å². The highest BCUT2D eigenvalue weighted by molar-refractivity contribution is 5.97. The number of rotatable bonds is 4. The lowest BCUT2D eigenvalue weighted by atomic mass is 9.98. The molecule has 5 rings (SSSR count). The van der Waals surface area contributed by atoms with Crippen molar-refractivity contribution in [3.8, 4) is 23.0 Å². The average molecular weight is 387 g/mol. The Balaban J connectivity index is 1.33. The molecule has 1 unspecified atom stereocenters. The van der Waals surface area contributed by atoms with Crippen LogP contribution >= 0.6 is 0 Å². The number of carbonyl (C=O) groups is 1. The summed E-state index contributed by atoms with van der Waals surface area (Å²) in [6.45, 7) is 1.67. The summed E-state index contributed by atoms with van der Waals surface area (Å²) in [5.74, 6) is 3.15. The molecule has 5 nitrogen and oxygen atoms in total. The van der Waals surface area contributed by atoms with E-state index < -0.39 is 0 Å². The molecule has 1 saturated heterocycles. The quantitative estimate of drug-likeness (QED) is 0.643. The molecule has 2 aliphatic rings. The first kappa shape index (κ1) is 17.6. The molecule has 146 valence electrons. The molecular weight excluding hydrogens is 366 g/mol. The van der Waals surface area contributed by atoms with Crippen molar-refractivity contribution in [1.82, 2.24) is 4.90 Å². The van der Waals surface area contributed by atoms with Gasteiger partial charge in [0.1, 0.15) is 11.5 Å². The van der Waals surface area contributed by atoms with E-state index in [1.165, 1.54) is 5.56 Å². The molecule has 29 heavy (non-hydrogen) atoms. The minimum Gasteiger partial charge on any atom is -0.457 e. The predicted octanol–water partition coefficient (Wildman–Crippen LogP) is 4.84. The number of amides is 1. The first-order chi connectivity index (χ1) is 14.3. The van der Waals surface area contributed by atoms with Crippen molar-refractivity contribution in [1.29, 1.82) is 0 Å². The average Bonchev–Trinajstić information content (AvgIpc) is 3.43. The first-order valence-electron chi connectivity index (χ1n) is 9.79. The SMILES string of the molecule is O=C(c1ccccc1Oc1ccccc1)N1CCC(c2ccc3c(c2)OCO3)C1. The summed E-state index contributed by atoms with van der Waals surface area (Å²) < 4.78 is 16.9. The molecule has 1 atom stereocenters. The van der Waals surface area contributed by atoms with E-state index in [0.29, 0.717) is 23.6 Å². The zero-order valence-electron chi connectivity index (χ0n) is 15.9. The summed E-state index contributed by atoms with van der Waals surface area (Å²) in [7, 11) is 0. The highest BCUT2D eigenvalue weighted by Gasteiger charge is 2.30. The minimum atomic E-state index is -0.000209. The molecule has 2 aliphatic heterocycles. The van der Waals surface area contributed by atoms with Gasteiger partial charge in [-0.05, 0) is 48.4 Å². The zero-order chi connectivity index (χ0) is 19.6. The molecule has 0 N–H and O–H groups in total. The fourth-order valence-electron chi connectivity index (χ4n) is 3.90. The van der Waals surface area contributed by atoms with Gasteiger partial charge in [0.25, 0.3) is 5.91 Å². The van der Waals surface area contributed by atoms with Crippen LogP contribution in [0, 0.1) is 0 Å². The van der Waals surface area contributed by atoms with E-state index in [2.05, 4.69) is 6.07 Å². The van der Waals surface area contributed by atoms with Crippen molar-refractivity contribution in [2.45, 2.75) is 12.3 Å². The Kier molecular flexibility index (Phi) is 4.56. The topological polar surface area (TPSA) is 48.0 Å². The van der Waals surface area contributed by atoms with Crippen LogP contribution in [-0.2, 0) is 0 Å². The molecule has 1 amide bonds. The van der Waals surface area contributed by atoms with Crippen molar-refractivity contribution in [3.63, 3.8) is 0 Å². The van der Waals surface area contributed by atoms with Crippen LogP contribution in [0.3, 0.4) is 0 Å². The molecular formula is C24H21NO4. The van der Waals surface area contributed by atoms with E-state index in [1.807, 2.05) is 71.6 Å². The molecule has 0 spiro atoms. The molecule has 0 saturated carbocycles. The summed E-state index contributed by atoms with van der Waals surface area (Å²) in [6, 6.07) is 23.0. The molecule has 5 heteroatoms. The normalized spacial score (nSPS) is 17.4. The third-order valence-electron chi connectivity index (χ3n) is 5.43. The Morgan fingerprint density at radius 2 is 1.72 bits per heavy atom. The Bertz CT molecular complexity index is 1030. The highest BCUT2D eigenvalue weighted by atomic mass is 16.7. The second-order valence-electron chi connectivity index (χ2n) is 7.26. The van der Waals surface area contributed by atoms with Gasteiger partial charge in [0, 0.05) is 19.0 Å². The summed E-state index contributed by atoms with van der Waals surface area (Å²) >= 11 is 0. The van der Waals surface area contributed by atoms with Gasteiger partial charge < -0.3 is 19.1 Å². The van der Waals surface area contributed by atoms with Crippen molar-refractivity contribution >= 4 is 5.91 Å². The second-order valence-corrected chi connectivity index (χ2v) is 7.26. The number of nitrogens with zero attached hydrogens (tertiary/aromatic N) is 1. The van der Waals surface area contributed by atoms with Crippen molar-refractivity contribution in [2.75, 3.05) is 19.9 Å². The number of hydrogen-bond acceptors (Lipinski definition) is 4. The van der Waals surface area contributed by atoms with Crippen LogP contribution in [0.15, 0.2) is 72.8 Å². The van der Waals surface area contributed by atoms with Crippen molar-refractivity contribution in [2.24, 2.45) is 0 Å². The maximum Gasteiger partial charge on any atom is 0.257 e. The van der Waals surface area contributed by atoms with Crippen molar-refractivity contribution < 1.29 is 19.0 Å². The third kappa shape index (κ3) is 3.51. The van der Waals surface area contributed by atoms with E-state index in [-0.39, 0.29) is 18.6 Å².